The van der Waals surface area contributed by atoms with Crippen LogP contribution in [0.2, 0.25) is 5.02 Å². The largest absolute Gasteiger partial charge is 0.497 e. The van der Waals surface area contributed by atoms with E-state index < -0.39 is 0 Å². The van der Waals surface area contributed by atoms with Gasteiger partial charge >= 0.3 is 0 Å². The Bertz CT molecular complexity index is 985. The van der Waals surface area contributed by atoms with Crippen LogP contribution in [0.3, 0.4) is 0 Å². The minimum atomic E-state index is 0.250. The molecule has 1 aliphatic carbocycles. The van der Waals surface area contributed by atoms with Gasteiger partial charge in [0.2, 0.25) is 0 Å². The summed E-state index contributed by atoms with van der Waals surface area (Å²) in [6, 6.07) is 14.3. The first-order valence-corrected chi connectivity index (χ1v) is 11.5. The van der Waals surface area contributed by atoms with Gasteiger partial charge in [0, 0.05) is 12.2 Å². The number of rotatable bonds is 4. The van der Waals surface area contributed by atoms with Crippen LogP contribution in [0.5, 0.6) is 5.75 Å². The molecule has 0 fully saturated rings. The molecular weight excluding hydrogens is 422 g/mol. The molecule has 0 spiro atoms. The van der Waals surface area contributed by atoms with Crippen LogP contribution in [0, 0.1) is 0 Å². The molecule has 0 aliphatic heterocycles. The van der Waals surface area contributed by atoms with Crippen LogP contribution in [-0.2, 0) is 25.7 Å². The van der Waals surface area contributed by atoms with Crippen molar-refractivity contribution in [2.45, 2.75) is 52.9 Å². The molecular formula is C26H34ClN3O2. The number of aliphatic hydroxyl groups is 1. The molecule has 1 heterocycles. The Hall–Kier alpha value is -2.63. The van der Waals surface area contributed by atoms with Gasteiger partial charge < -0.3 is 15.6 Å². The molecule has 0 amide bonds. The molecule has 3 aromatic rings. The number of aryl methyl sites for hydroxylation is 4. The van der Waals surface area contributed by atoms with Crippen molar-refractivity contribution in [3.05, 3.63) is 70.0 Å². The number of aliphatic hydroxyl groups excluding tert-OH is 1. The van der Waals surface area contributed by atoms with Gasteiger partial charge in [-0.1, -0.05) is 49.7 Å². The van der Waals surface area contributed by atoms with Crippen molar-refractivity contribution in [1.29, 1.82) is 0 Å². The molecule has 32 heavy (non-hydrogen) atoms. The van der Waals surface area contributed by atoms with E-state index in [1.54, 1.807) is 31.2 Å². The summed E-state index contributed by atoms with van der Waals surface area (Å²) in [4.78, 5) is 9.08. The molecule has 5 nitrogen and oxygen atoms in total. The summed E-state index contributed by atoms with van der Waals surface area (Å²) < 4.78 is 5.17. The van der Waals surface area contributed by atoms with E-state index in [9.17, 15) is 0 Å². The lowest BCUT2D eigenvalue weighted by molar-refractivity contribution is 0.318. The molecule has 4 rings (SSSR count). The summed E-state index contributed by atoms with van der Waals surface area (Å²) in [6.07, 6.45) is 5.45. The van der Waals surface area contributed by atoms with Crippen molar-refractivity contribution in [2.24, 2.45) is 0 Å². The molecule has 2 aromatic carbocycles. The third-order valence-corrected chi connectivity index (χ3v) is 5.50. The number of methoxy groups -OCH3 is 1. The lowest BCUT2D eigenvalue weighted by Gasteiger charge is -2.12. The van der Waals surface area contributed by atoms with Gasteiger partial charge in [-0.05, 0) is 68.4 Å². The number of hydrogen-bond donors (Lipinski definition) is 2. The Morgan fingerprint density at radius 1 is 0.969 bits per heavy atom. The second kappa shape index (κ2) is 13.0. The molecule has 0 bridgehead atoms. The van der Waals surface area contributed by atoms with E-state index >= 15 is 0 Å². The first kappa shape index (κ1) is 25.6. The van der Waals surface area contributed by atoms with Crippen molar-refractivity contribution in [3.63, 3.8) is 0 Å². The van der Waals surface area contributed by atoms with Crippen LogP contribution < -0.4 is 10.5 Å². The molecule has 0 saturated heterocycles. The van der Waals surface area contributed by atoms with Gasteiger partial charge in [-0.2, -0.15) is 0 Å². The third kappa shape index (κ3) is 6.68. The predicted octanol–water partition coefficient (Wildman–Crippen LogP) is 5.69. The van der Waals surface area contributed by atoms with Gasteiger partial charge in [0.15, 0.2) is 0 Å². The highest BCUT2D eigenvalue weighted by molar-refractivity contribution is 6.33. The van der Waals surface area contributed by atoms with Crippen LogP contribution in [-0.4, -0.2) is 28.8 Å². The highest BCUT2D eigenvalue weighted by Crippen LogP contribution is 2.32. The van der Waals surface area contributed by atoms with E-state index in [2.05, 4.69) is 34.2 Å². The number of nitrogens with zero attached hydrogens (tertiary/aromatic N) is 2. The van der Waals surface area contributed by atoms with Crippen LogP contribution in [0.1, 0.15) is 49.7 Å². The molecule has 0 radical (unpaired) electrons. The average molecular weight is 456 g/mol. The lowest BCUT2D eigenvalue weighted by Crippen LogP contribution is -2.06. The number of nitrogens with two attached hydrogens (primary N) is 1. The summed E-state index contributed by atoms with van der Waals surface area (Å²) in [5.41, 5.74) is 12.3. The first-order valence-electron chi connectivity index (χ1n) is 11.2. The SMILES string of the molecule is CCO.CCc1nc(-c2ccc(OC)cc2Cl)c(CC)nc1N.c1ccc2c(c1)CCC2. The quantitative estimate of drug-likeness (QED) is 0.528. The van der Waals surface area contributed by atoms with Gasteiger partial charge in [-0.15, -0.1) is 0 Å². The summed E-state index contributed by atoms with van der Waals surface area (Å²) in [7, 11) is 1.61. The summed E-state index contributed by atoms with van der Waals surface area (Å²) in [6.45, 7) is 5.96. The van der Waals surface area contributed by atoms with Gasteiger partial charge in [-0.3, -0.25) is 0 Å². The Balaban J connectivity index is 0.000000248. The summed E-state index contributed by atoms with van der Waals surface area (Å²) in [5.74, 6) is 1.22. The summed E-state index contributed by atoms with van der Waals surface area (Å²) >= 11 is 6.33. The van der Waals surface area contributed by atoms with Gasteiger partial charge in [0.25, 0.3) is 0 Å². The minimum Gasteiger partial charge on any atom is -0.497 e. The van der Waals surface area contributed by atoms with E-state index in [0.29, 0.717) is 10.8 Å². The monoisotopic (exact) mass is 455 g/mol. The van der Waals surface area contributed by atoms with Gasteiger partial charge in [-0.25, -0.2) is 9.97 Å². The molecule has 3 N–H and O–H groups in total. The molecule has 1 aliphatic rings. The van der Waals surface area contributed by atoms with Crippen molar-refractivity contribution in [1.82, 2.24) is 9.97 Å². The van der Waals surface area contributed by atoms with Crippen LogP contribution in [0.15, 0.2) is 42.5 Å². The molecule has 1 aromatic heterocycles. The maximum absolute atomic E-state index is 7.57. The van der Waals surface area contributed by atoms with E-state index in [1.807, 2.05) is 26.0 Å². The minimum absolute atomic E-state index is 0.250. The van der Waals surface area contributed by atoms with Crippen molar-refractivity contribution in [2.75, 3.05) is 19.5 Å². The van der Waals surface area contributed by atoms with Crippen LogP contribution in [0.25, 0.3) is 11.3 Å². The second-order valence-corrected chi connectivity index (χ2v) is 7.75. The fraction of sp³-hybridized carbons (Fsp3) is 0.385. The maximum atomic E-state index is 7.57. The van der Waals surface area contributed by atoms with Crippen LogP contribution >= 0.6 is 11.6 Å². The number of halogens is 1. The zero-order chi connectivity index (χ0) is 23.5. The number of benzene rings is 2. The predicted molar refractivity (Wildman–Crippen MR) is 133 cm³/mol. The fourth-order valence-corrected chi connectivity index (χ4v) is 3.83. The van der Waals surface area contributed by atoms with Crippen molar-refractivity contribution >= 4 is 17.4 Å². The standard InChI is InChI=1S/C15H18ClN3O.C9H10.C2H6O/c1-4-12-14(18-13(5-2)15(17)19-12)10-7-6-9(20-3)8-11(10)16;1-2-5-9-7-3-6-8(9)4-1;1-2-3/h6-8H,4-5H2,1-3H3,(H2,17,19);1-2,4-5H,3,6-7H2;3H,2H2,1H3. The molecule has 172 valence electrons. The first-order chi connectivity index (χ1) is 15.5. The van der Waals surface area contributed by atoms with Gasteiger partial charge in [0.05, 0.1) is 29.2 Å². The van der Waals surface area contributed by atoms with Crippen LogP contribution in [0.4, 0.5) is 5.82 Å². The molecule has 6 heteroatoms. The van der Waals surface area contributed by atoms with E-state index in [1.165, 1.54) is 19.3 Å². The number of aromatic nitrogens is 2. The van der Waals surface area contributed by atoms with Crippen molar-refractivity contribution < 1.29 is 9.84 Å². The van der Waals surface area contributed by atoms with Gasteiger partial charge in [0.1, 0.15) is 11.6 Å². The highest BCUT2D eigenvalue weighted by atomic mass is 35.5. The smallest absolute Gasteiger partial charge is 0.145 e. The Morgan fingerprint density at radius 2 is 1.56 bits per heavy atom. The topological polar surface area (TPSA) is 81.3 Å². The highest BCUT2D eigenvalue weighted by Gasteiger charge is 2.14. The van der Waals surface area contributed by atoms with E-state index in [4.69, 9.17) is 27.2 Å². The Kier molecular flexibility index (Phi) is 10.4. The van der Waals surface area contributed by atoms with Crippen molar-refractivity contribution in [3.8, 4) is 17.0 Å². The molecule has 0 unspecified atom stereocenters. The third-order valence-electron chi connectivity index (χ3n) is 5.18. The number of fused-ring (bicyclic) bond motifs is 1. The average Bonchev–Trinajstić information content (AvgIpc) is 3.29. The normalized spacial score (nSPS) is 11.6. The number of hydrogen-bond acceptors (Lipinski definition) is 5. The Morgan fingerprint density at radius 3 is 2.06 bits per heavy atom. The number of anilines is 1. The zero-order valence-corrected chi connectivity index (χ0v) is 20.2. The molecule has 0 atom stereocenters. The van der Waals surface area contributed by atoms with E-state index in [-0.39, 0.29) is 6.61 Å². The zero-order valence-electron chi connectivity index (χ0n) is 19.5. The second-order valence-electron chi connectivity index (χ2n) is 7.34. The number of ether oxygens (including phenoxy) is 1. The van der Waals surface area contributed by atoms with E-state index in [0.717, 1.165) is 41.2 Å². The Labute approximate surface area is 196 Å². The summed E-state index contributed by atoms with van der Waals surface area (Å²) in [5, 5.41) is 8.17. The number of nitrogen functional groups attached to an aromatic ring is 1. The lowest BCUT2D eigenvalue weighted by atomic mass is 10.1. The fourth-order valence-electron chi connectivity index (χ4n) is 3.57. The molecule has 0 saturated carbocycles. The maximum Gasteiger partial charge on any atom is 0.145 e.